The first kappa shape index (κ1) is 12.3. The third kappa shape index (κ3) is 2.26. The summed E-state index contributed by atoms with van der Waals surface area (Å²) in [4.78, 5) is 13.8. The van der Waals surface area contributed by atoms with Crippen LogP contribution in [0.5, 0.6) is 5.75 Å². The summed E-state index contributed by atoms with van der Waals surface area (Å²) in [5, 5.41) is 9.45. The number of carbonyl (C=O) groups is 1. The Hall–Kier alpha value is -1.73. The summed E-state index contributed by atoms with van der Waals surface area (Å²) in [5.41, 5.74) is 0.689. The van der Waals surface area contributed by atoms with Gasteiger partial charge in [-0.1, -0.05) is 11.6 Å². The van der Waals surface area contributed by atoms with Gasteiger partial charge in [-0.15, -0.1) is 0 Å². The van der Waals surface area contributed by atoms with Crippen molar-refractivity contribution in [2.75, 3.05) is 18.1 Å². The van der Waals surface area contributed by atoms with Crippen LogP contribution in [0.1, 0.15) is 19.3 Å². The molecule has 0 radical (unpaired) electrons. The topological polar surface area (TPSA) is 53.3 Å². The zero-order valence-corrected chi connectivity index (χ0v) is 11.1. The molecule has 1 fully saturated rings. The molecular formula is C14H13ClN2O2. The fourth-order valence-electron chi connectivity index (χ4n) is 2.42. The Morgan fingerprint density at radius 1 is 1.47 bits per heavy atom. The van der Waals surface area contributed by atoms with Gasteiger partial charge in [0.25, 0.3) is 5.91 Å². The highest BCUT2D eigenvalue weighted by atomic mass is 35.5. The third-order valence-electron chi connectivity index (χ3n) is 3.77. The standard InChI is InChI=1S/C14H13ClN2O2/c15-10-1-2-12-11(7-10)17(13(18)8-19-12)9-14(3-4-14)5-6-16/h1-2,7H,3-5,8-9H2. The molecule has 2 aliphatic rings. The maximum Gasteiger partial charge on any atom is 0.265 e. The van der Waals surface area contributed by atoms with Crippen LogP contribution in [0.25, 0.3) is 0 Å². The highest BCUT2D eigenvalue weighted by Gasteiger charge is 2.45. The zero-order valence-electron chi connectivity index (χ0n) is 10.4. The lowest BCUT2D eigenvalue weighted by atomic mass is 10.0. The summed E-state index contributed by atoms with van der Waals surface area (Å²) >= 11 is 5.99. The van der Waals surface area contributed by atoms with Gasteiger partial charge in [0.05, 0.1) is 11.8 Å². The molecule has 0 spiro atoms. The largest absolute Gasteiger partial charge is 0.482 e. The Morgan fingerprint density at radius 2 is 2.26 bits per heavy atom. The van der Waals surface area contributed by atoms with Crippen LogP contribution >= 0.6 is 11.6 Å². The third-order valence-corrected chi connectivity index (χ3v) is 4.00. The summed E-state index contributed by atoms with van der Waals surface area (Å²) < 4.78 is 5.40. The lowest BCUT2D eigenvalue weighted by Crippen LogP contribution is -2.42. The molecule has 1 aliphatic carbocycles. The van der Waals surface area contributed by atoms with Crippen molar-refractivity contribution in [2.24, 2.45) is 5.41 Å². The molecule has 0 bridgehead atoms. The van der Waals surface area contributed by atoms with E-state index in [2.05, 4.69) is 6.07 Å². The van der Waals surface area contributed by atoms with E-state index in [1.165, 1.54) is 0 Å². The number of fused-ring (bicyclic) bond motifs is 1. The summed E-state index contributed by atoms with van der Waals surface area (Å²) in [5.74, 6) is 0.607. The molecule has 0 N–H and O–H groups in total. The van der Waals surface area contributed by atoms with Gasteiger partial charge in [-0.3, -0.25) is 4.79 Å². The highest BCUT2D eigenvalue weighted by molar-refractivity contribution is 6.31. The van der Waals surface area contributed by atoms with Crippen molar-refractivity contribution >= 4 is 23.2 Å². The average Bonchev–Trinajstić information content (AvgIpc) is 3.14. The number of carbonyl (C=O) groups excluding carboxylic acids is 1. The monoisotopic (exact) mass is 276 g/mol. The Morgan fingerprint density at radius 3 is 2.95 bits per heavy atom. The fraction of sp³-hybridized carbons (Fsp3) is 0.429. The van der Waals surface area contributed by atoms with Gasteiger partial charge >= 0.3 is 0 Å². The average molecular weight is 277 g/mol. The van der Waals surface area contributed by atoms with Gasteiger partial charge in [0, 0.05) is 23.4 Å². The number of benzene rings is 1. The van der Waals surface area contributed by atoms with E-state index >= 15 is 0 Å². The molecule has 0 unspecified atom stereocenters. The molecule has 98 valence electrons. The molecule has 3 rings (SSSR count). The number of nitrogens with zero attached hydrogens (tertiary/aromatic N) is 2. The molecule has 0 aromatic heterocycles. The molecule has 1 heterocycles. The molecule has 5 heteroatoms. The molecule has 0 atom stereocenters. The van der Waals surface area contributed by atoms with Crippen molar-refractivity contribution in [3.05, 3.63) is 23.2 Å². The number of hydrogen-bond donors (Lipinski definition) is 0. The first-order valence-electron chi connectivity index (χ1n) is 6.23. The van der Waals surface area contributed by atoms with Crippen molar-refractivity contribution in [2.45, 2.75) is 19.3 Å². The van der Waals surface area contributed by atoms with Gasteiger partial charge in [0.2, 0.25) is 0 Å². The first-order chi connectivity index (χ1) is 9.13. The highest BCUT2D eigenvalue weighted by Crippen LogP contribution is 2.50. The molecule has 1 amide bonds. The predicted octanol–water partition coefficient (Wildman–Crippen LogP) is 2.76. The van der Waals surface area contributed by atoms with E-state index in [1.807, 2.05) is 0 Å². The van der Waals surface area contributed by atoms with Gasteiger partial charge in [-0.2, -0.15) is 5.26 Å². The van der Waals surface area contributed by atoms with E-state index in [0.717, 1.165) is 12.8 Å². The van der Waals surface area contributed by atoms with Gasteiger partial charge < -0.3 is 9.64 Å². The van der Waals surface area contributed by atoms with E-state index in [9.17, 15) is 4.79 Å². The molecule has 1 aromatic rings. The molecular weight excluding hydrogens is 264 g/mol. The summed E-state index contributed by atoms with van der Waals surface area (Å²) in [7, 11) is 0. The van der Waals surface area contributed by atoms with Crippen LogP contribution in [0.15, 0.2) is 18.2 Å². The Bertz CT molecular complexity index is 575. The number of anilines is 1. The van der Waals surface area contributed by atoms with Crippen LogP contribution < -0.4 is 9.64 Å². The second-order valence-corrected chi connectivity index (χ2v) is 5.65. The van der Waals surface area contributed by atoms with Crippen LogP contribution in [0.4, 0.5) is 5.69 Å². The van der Waals surface area contributed by atoms with Crippen molar-refractivity contribution in [3.63, 3.8) is 0 Å². The summed E-state index contributed by atoms with van der Waals surface area (Å²) in [6.45, 7) is 0.632. The SMILES string of the molecule is N#CCC1(CN2C(=O)COc3ccc(Cl)cc32)CC1. The maximum absolute atomic E-state index is 12.1. The van der Waals surface area contributed by atoms with E-state index in [1.54, 1.807) is 23.1 Å². The van der Waals surface area contributed by atoms with E-state index in [0.29, 0.717) is 29.4 Å². The lowest BCUT2D eigenvalue weighted by Gasteiger charge is -2.32. The number of hydrogen-bond acceptors (Lipinski definition) is 3. The number of amides is 1. The smallest absolute Gasteiger partial charge is 0.265 e. The second kappa shape index (κ2) is 4.43. The van der Waals surface area contributed by atoms with Crippen LogP contribution in [-0.4, -0.2) is 19.1 Å². The fourth-order valence-corrected chi connectivity index (χ4v) is 2.59. The summed E-state index contributed by atoms with van der Waals surface area (Å²) in [6, 6.07) is 7.49. The lowest BCUT2D eigenvalue weighted by molar-refractivity contribution is -0.121. The van der Waals surface area contributed by atoms with Crippen LogP contribution in [0, 0.1) is 16.7 Å². The minimum atomic E-state index is -0.0704. The predicted molar refractivity (Wildman–Crippen MR) is 71.2 cm³/mol. The minimum absolute atomic E-state index is 0.0265. The number of rotatable bonds is 3. The van der Waals surface area contributed by atoms with Gasteiger partial charge in [0.15, 0.2) is 6.61 Å². The van der Waals surface area contributed by atoms with Crippen molar-refractivity contribution in [1.29, 1.82) is 5.26 Å². The molecule has 4 nitrogen and oxygen atoms in total. The van der Waals surface area contributed by atoms with Crippen molar-refractivity contribution < 1.29 is 9.53 Å². The minimum Gasteiger partial charge on any atom is -0.482 e. The Kier molecular flexibility index (Phi) is 2.87. The second-order valence-electron chi connectivity index (χ2n) is 5.22. The Balaban J connectivity index is 1.91. The van der Waals surface area contributed by atoms with Crippen LogP contribution in [-0.2, 0) is 4.79 Å². The van der Waals surface area contributed by atoms with E-state index in [-0.39, 0.29) is 17.9 Å². The van der Waals surface area contributed by atoms with Gasteiger partial charge in [0.1, 0.15) is 5.75 Å². The molecule has 1 aromatic carbocycles. The van der Waals surface area contributed by atoms with Gasteiger partial charge in [-0.25, -0.2) is 0 Å². The quantitative estimate of drug-likeness (QED) is 0.853. The van der Waals surface area contributed by atoms with Gasteiger partial charge in [-0.05, 0) is 31.0 Å². The summed E-state index contributed by atoms with van der Waals surface area (Å²) in [6.07, 6.45) is 2.50. The maximum atomic E-state index is 12.1. The van der Waals surface area contributed by atoms with E-state index < -0.39 is 0 Å². The van der Waals surface area contributed by atoms with Crippen molar-refractivity contribution in [3.8, 4) is 11.8 Å². The number of nitriles is 1. The molecule has 1 aliphatic heterocycles. The van der Waals surface area contributed by atoms with E-state index in [4.69, 9.17) is 21.6 Å². The van der Waals surface area contributed by atoms with Crippen LogP contribution in [0.2, 0.25) is 5.02 Å². The normalized spacial score (nSPS) is 19.4. The van der Waals surface area contributed by atoms with Crippen molar-refractivity contribution in [1.82, 2.24) is 0 Å². The zero-order chi connectivity index (χ0) is 13.5. The van der Waals surface area contributed by atoms with Crippen LogP contribution in [0.3, 0.4) is 0 Å². The number of ether oxygens (including phenoxy) is 1. The molecule has 19 heavy (non-hydrogen) atoms. The molecule has 1 saturated carbocycles. The molecule has 0 saturated heterocycles. The number of halogens is 1. The first-order valence-corrected chi connectivity index (χ1v) is 6.61. The Labute approximate surface area is 116 Å².